The number of nitro groups is 2. The van der Waals surface area contributed by atoms with Gasteiger partial charge in [-0.05, 0) is 18.9 Å². The molecule has 1 N–H and O–H groups in total. The predicted molar refractivity (Wildman–Crippen MR) is 67.8 cm³/mol. The third kappa shape index (κ3) is 2.82. The van der Waals surface area contributed by atoms with Crippen LogP contribution in [0.25, 0.3) is 0 Å². The van der Waals surface area contributed by atoms with E-state index in [-0.39, 0.29) is 18.3 Å². The van der Waals surface area contributed by atoms with Gasteiger partial charge in [0, 0.05) is 12.1 Å². The highest BCUT2D eigenvalue weighted by atomic mass is 16.6. The molecular formula is C11H11N3O6. The number of carboxylic acids is 1. The number of nitro benzene ring substituents is 2. The molecule has 0 unspecified atom stereocenters. The van der Waals surface area contributed by atoms with E-state index in [4.69, 9.17) is 5.11 Å². The van der Waals surface area contributed by atoms with Gasteiger partial charge < -0.3 is 10.0 Å². The molecule has 0 radical (unpaired) electrons. The van der Waals surface area contributed by atoms with Crippen LogP contribution in [0.5, 0.6) is 0 Å². The molecule has 9 heteroatoms. The van der Waals surface area contributed by atoms with Crippen molar-refractivity contribution < 1.29 is 19.7 Å². The fraction of sp³-hybridized carbons (Fsp3) is 0.364. The molecule has 1 aromatic rings. The lowest BCUT2D eigenvalue weighted by molar-refractivity contribution is -0.393. The van der Waals surface area contributed by atoms with Gasteiger partial charge in [-0.1, -0.05) is 0 Å². The molecule has 1 aliphatic carbocycles. The molecule has 1 aromatic carbocycles. The highest BCUT2D eigenvalue weighted by Crippen LogP contribution is 2.38. The first-order valence-electron chi connectivity index (χ1n) is 5.81. The third-order valence-electron chi connectivity index (χ3n) is 2.97. The van der Waals surface area contributed by atoms with Gasteiger partial charge >= 0.3 is 5.97 Å². The summed E-state index contributed by atoms with van der Waals surface area (Å²) in [6.07, 6.45) is 1.50. The number of aliphatic carboxylic acids is 1. The van der Waals surface area contributed by atoms with Gasteiger partial charge in [0.2, 0.25) is 0 Å². The van der Waals surface area contributed by atoms with E-state index in [1.165, 1.54) is 11.0 Å². The topological polar surface area (TPSA) is 127 Å². The minimum absolute atomic E-state index is 0.0637. The molecule has 1 fully saturated rings. The van der Waals surface area contributed by atoms with E-state index < -0.39 is 27.2 Å². The standard InChI is InChI=1S/C11H11N3O6/c15-11(16)6-12(7-1-2-7)9-4-3-8(13(17)18)5-10(9)14(19)20/h3-5,7H,1-2,6H2,(H,15,16). The van der Waals surface area contributed by atoms with Gasteiger partial charge in [-0.3, -0.25) is 25.0 Å². The lowest BCUT2D eigenvalue weighted by atomic mass is 10.2. The van der Waals surface area contributed by atoms with Crippen LogP contribution < -0.4 is 4.90 Å². The van der Waals surface area contributed by atoms with Crippen molar-refractivity contribution in [2.24, 2.45) is 0 Å². The summed E-state index contributed by atoms with van der Waals surface area (Å²) in [7, 11) is 0. The highest BCUT2D eigenvalue weighted by Gasteiger charge is 2.35. The summed E-state index contributed by atoms with van der Waals surface area (Å²) in [5.74, 6) is -1.11. The van der Waals surface area contributed by atoms with Crippen LogP contribution in [-0.4, -0.2) is 33.5 Å². The first kappa shape index (κ1) is 13.7. The zero-order valence-corrected chi connectivity index (χ0v) is 10.3. The molecule has 1 aliphatic rings. The first-order valence-corrected chi connectivity index (χ1v) is 5.81. The summed E-state index contributed by atoms with van der Waals surface area (Å²) in [5.41, 5.74) is -0.746. The fourth-order valence-electron chi connectivity index (χ4n) is 1.96. The summed E-state index contributed by atoms with van der Waals surface area (Å²) in [5, 5.41) is 30.6. The zero-order valence-electron chi connectivity index (χ0n) is 10.3. The van der Waals surface area contributed by atoms with Gasteiger partial charge in [0.1, 0.15) is 12.2 Å². The van der Waals surface area contributed by atoms with Crippen LogP contribution in [-0.2, 0) is 4.79 Å². The number of carboxylic acid groups (broad SMARTS) is 1. The van der Waals surface area contributed by atoms with E-state index in [1.54, 1.807) is 0 Å². The normalized spacial score (nSPS) is 13.8. The first-order chi connectivity index (χ1) is 9.40. The van der Waals surface area contributed by atoms with E-state index in [9.17, 15) is 25.0 Å². The Bertz CT molecular complexity index is 584. The second-order valence-electron chi connectivity index (χ2n) is 4.44. The van der Waals surface area contributed by atoms with Crippen LogP contribution in [0.1, 0.15) is 12.8 Å². The smallest absolute Gasteiger partial charge is 0.323 e. The van der Waals surface area contributed by atoms with Crippen molar-refractivity contribution in [2.75, 3.05) is 11.4 Å². The van der Waals surface area contributed by atoms with Crippen molar-refractivity contribution in [3.8, 4) is 0 Å². The molecule has 0 heterocycles. The molecule has 106 valence electrons. The molecule has 0 aliphatic heterocycles. The van der Waals surface area contributed by atoms with E-state index in [0.29, 0.717) is 0 Å². The summed E-state index contributed by atoms with van der Waals surface area (Å²) in [4.78, 5) is 32.5. The van der Waals surface area contributed by atoms with Gasteiger partial charge in [-0.15, -0.1) is 0 Å². The Balaban J connectivity index is 2.45. The Labute approximate surface area is 112 Å². The van der Waals surface area contributed by atoms with Crippen LogP contribution in [0.15, 0.2) is 18.2 Å². The van der Waals surface area contributed by atoms with E-state index in [0.717, 1.165) is 25.0 Å². The summed E-state index contributed by atoms with van der Waals surface area (Å²) in [6.45, 7) is -0.372. The van der Waals surface area contributed by atoms with E-state index in [2.05, 4.69) is 0 Å². The maximum Gasteiger partial charge on any atom is 0.323 e. The number of rotatable bonds is 6. The second kappa shape index (κ2) is 5.11. The van der Waals surface area contributed by atoms with Crippen LogP contribution >= 0.6 is 0 Å². The fourth-order valence-corrected chi connectivity index (χ4v) is 1.96. The van der Waals surface area contributed by atoms with Crippen LogP contribution in [0.4, 0.5) is 17.1 Å². The van der Waals surface area contributed by atoms with Gasteiger partial charge in [0.05, 0.1) is 15.9 Å². The second-order valence-corrected chi connectivity index (χ2v) is 4.44. The SMILES string of the molecule is O=C(O)CN(c1ccc([N+](=O)[O-])cc1[N+](=O)[O-])C1CC1. The lowest BCUT2D eigenvalue weighted by Gasteiger charge is -2.21. The average molecular weight is 281 g/mol. The van der Waals surface area contributed by atoms with Gasteiger partial charge in [-0.2, -0.15) is 0 Å². The number of anilines is 1. The Morgan fingerprint density at radius 2 is 1.95 bits per heavy atom. The van der Waals surface area contributed by atoms with E-state index >= 15 is 0 Å². The number of nitrogens with zero attached hydrogens (tertiary/aromatic N) is 3. The van der Waals surface area contributed by atoms with Crippen molar-refractivity contribution in [1.82, 2.24) is 0 Å². The van der Waals surface area contributed by atoms with Crippen LogP contribution in [0.2, 0.25) is 0 Å². The molecule has 0 bridgehead atoms. The number of carbonyl (C=O) groups is 1. The maximum absolute atomic E-state index is 11.0. The molecule has 0 spiro atoms. The molecule has 0 amide bonds. The number of hydrogen-bond donors (Lipinski definition) is 1. The number of non-ortho nitro benzene ring substituents is 1. The Kier molecular flexibility index (Phi) is 3.51. The molecule has 9 nitrogen and oxygen atoms in total. The van der Waals surface area contributed by atoms with Crippen molar-refractivity contribution in [2.45, 2.75) is 18.9 Å². The highest BCUT2D eigenvalue weighted by molar-refractivity contribution is 5.77. The summed E-state index contributed by atoms with van der Waals surface area (Å²) >= 11 is 0. The summed E-state index contributed by atoms with van der Waals surface area (Å²) in [6, 6.07) is 3.16. The zero-order chi connectivity index (χ0) is 14.9. The third-order valence-corrected chi connectivity index (χ3v) is 2.97. The summed E-state index contributed by atoms with van der Waals surface area (Å²) < 4.78 is 0. The molecular weight excluding hydrogens is 270 g/mol. The Morgan fingerprint density at radius 3 is 2.40 bits per heavy atom. The minimum atomic E-state index is -1.11. The molecule has 1 saturated carbocycles. The number of benzene rings is 1. The molecule has 20 heavy (non-hydrogen) atoms. The van der Waals surface area contributed by atoms with Gasteiger partial charge in [0.15, 0.2) is 0 Å². The largest absolute Gasteiger partial charge is 0.480 e. The van der Waals surface area contributed by atoms with Crippen molar-refractivity contribution in [3.63, 3.8) is 0 Å². The Hall–Kier alpha value is -2.71. The van der Waals surface area contributed by atoms with E-state index in [1.807, 2.05) is 0 Å². The quantitative estimate of drug-likeness (QED) is 0.619. The predicted octanol–water partition coefficient (Wildman–Crippen LogP) is 1.56. The lowest BCUT2D eigenvalue weighted by Crippen LogP contribution is -2.32. The van der Waals surface area contributed by atoms with Crippen LogP contribution in [0.3, 0.4) is 0 Å². The molecule has 0 aromatic heterocycles. The van der Waals surface area contributed by atoms with Crippen molar-refractivity contribution in [1.29, 1.82) is 0 Å². The van der Waals surface area contributed by atoms with Gasteiger partial charge in [-0.25, -0.2) is 0 Å². The molecule has 0 saturated heterocycles. The monoisotopic (exact) mass is 281 g/mol. The van der Waals surface area contributed by atoms with Gasteiger partial charge in [0.25, 0.3) is 11.4 Å². The number of hydrogen-bond acceptors (Lipinski definition) is 6. The van der Waals surface area contributed by atoms with Crippen molar-refractivity contribution in [3.05, 3.63) is 38.4 Å². The maximum atomic E-state index is 11.0. The Morgan fingerprint density at radius 1 is 1.30 bits per heavy atom. The van der Waals surface area contributed by atoms with Crippen molar-refractivity contribution >= 4 is 23.0 Å². The van der Waals surface area contributed by atoms with Crippen LogP contribution in [0, 0.1) is 20.2 Å². The molecule has 0 atom stereocenters. The minimum Gasteiger partial charge on any atom is -0.480 e. The molecule has 2 rings (SSSR count). The average Bonchev–Trinajstić information content (AvgIpc) is 3.19.